The van der Waals surface area contributed by atoms with Crippen LogP contribution in [0.1, 0.15) is 25.0 Å². The fraction of sp³-hybridized carbons (Fsp3) is 0.0526. The van der Waals surface area contributed by atoms with Crippen LogP contribution in [0.25, 0.3) is 110 Å². The number of fused-ring (bicyclic) bond motifs is 12. The molecule has 1 aliphatic carbocycles. The van der Waals surface area contributed by atoms with E-state index < -0.39 is 0 Å². The second kappa shape index (κ2) is 12.6. The molecule has 0 atom stereocenters. The Bertz CT molecular complexity index is 3790. The van der Waals surface area contributed by atoms with Crippen LogP contribution in [-0.2, 0) is 5.41 Å². The van der Waals surface area contributed by atoms with Gasteiger partial charge in [0.15, 0.2) is 0 Å². The minimum Gasteiger partial charge on any atom is -0.309 e. The zero-order valence-corrected chi connectivity index (χ0v) is 33.8. The van der Waals surface area contributed by atoms with Gasteiger partial charge in [0.1, 0.15) is 0 Å². The van der Waals surface area contributed by atoms with Crippen molar-refractivity contribution in [3.05, 3.63) is 205 Å². The molecule has 0 radical (unpaired) electrons. The Kier molecular flexibility index (Phi) is 7.04. The second-order valence-electron chi connectivity index (χ2n) is 17.0. The summed E-state index contributed by atoms with van der Waals surface area (Å²) < 4.78 is 4.69. The Morgan fingerprint density at radius 1 is 0.377 bits per heavy atom. The van der Waals surface area contributed by atoms with Crippen molar-refractivity contribution < 1.29 is 0 Å². The Morgan fingerprint density at radius 2 is 1.00 bits per heavy atom. The summed E-state index contributed by atoms with van der Waals surface area (Å²) in [5, 5.41) is 8.30. The topological polar surface area (TPSA) is 35.6 Å². The first-order chi connectivity index (χ1) is 30.0. The lowest BCUT2D eigenvalue weighted by Gasteiger charge is -2.22. The van der Waals surface area contributed by atoms with Crippen LogP contribution in [0.2, 0.25) is 0 Å². The van der Waals surface area contributed by atoms with Crippen LogP contribution >= 0.6 is 0 Å². The maximum atomic E-state index is 5.58. The molecular formula is C57H38N4. The van der Waals surface area contributed by atoms with E-state index in [0.717, 1.165) is 44.4 Å². The van der Waals surface area contributed by atoms with Gasteiger partial charge in [-0.25, -0.2) is 9.97 Å². The molecule has 4 nitrogen and oxygen atoms in total. The standard InChI is InChI=1S/C57H38N4/c1-57(2)47-24-12-8-19-39(47)40-30-29-36(32-48(40)57)55-44-22-9-13-25-49(44)58-56(59-55)61-51-27-15-11-23-45(51)54-43-21-7-6-18-38(43)46(34-53(54)61)35-28-31-42-41-20-10-14-26-50(41)60(52(42)33-35)37-16-4-3-5-17-37/h3-34H,1-2H3. The van der Waals surface area contributed by atoms with E-state index in [1.807, 2.05) is 0 Å². The molecule has 9 aromatic carbocycles. The molecule has 1 aliphatic rings. The Balaban J connectivity index is 1.08. The summed E-state index contributed by atoms with van der Waals surface area (Å²) in [6.45, 7) is 4.67. The summed E-state index contributed by atoms with van der Waals surface area (Å²) in [5.41, 5.74) is 16.1. The molecule has 3 heterocycles. The second-order valence-corrected chi connectivity index (χ2v) is 17.0. The lowest BCUT2D eigenvalue weighted by atomic mass is 9.82. The number of hydrogen-bond donors (Lipinski definition) is 0. The smallest absolute Gasteiger partial charge is 0.235 e. The van der Waals surface area contributed by atoms with Crippen LogP contribution < -0.4 is 0 Å². The fourth-order valence-corrected chi connectivity index (χ4v) is 10.5. The minimum atomic E-state index is -0.129. The minimum absolute atomic E-state index is 0.129. The molecule has 0 aliphatic heterocycles. The third kappa shape index (κ3) is 4.82. The van der Waals surface area contributed by atoms with Gasteiger partial charge >= 0.3 is 0 Å². The largest absolute Gasteiger partial charge is 0.309 e. The Morgan fingerprint density at radius 3 is 1.84 bits per heavy atom. The van der Waals surface area contributed by atoms with Gasteiger partial charge in [0, 0.05) is 43.6 Å². The van der Waals surface area contributed by atoms with Crippen LogP contribution in [0.5, 0.6) is 0 Å². The highest BCUT2D eigenvalue weighted by Crippen LogP contribution is 2.50. The van der Waals surface area contributed by atoms with E-state index in [1.165, 1.54) is 71.2 Å². The van der Waals surface area contributed by atoms with Crippen molar-refractivity contribution in [3.8, 4) is 45.1 Å². The lowest BCUT2D eigenvalue weighted by molar-refractivity contribution is 0.660. The van der Waals surface area contributed by atoms with Crippen LogP contribution in [-0.4, -0.2) is 19.1 Å². The third-order valence-corrected chi connectivity index (χ3v) is 13.3. The molecule has 61 heavy (non-hydrogen) atoms. The SMILES string of the molecule is CC1(C)c2ccccc2-c2ccc(-c3nc(-n4c5ccccc5c5c6ccccc6c(-c6ccc7c8ccccc8n(-c8ccccc8)c7c6)cc54)nc4ccccc34)cc21. The van der Waals surface area contributed by atoms with Crippen molar-refractivity contribution in [3.63, 3.8) is 0 Å². The van der Waals surface area contributed by atoms with Crippen molar-refractivity contribution in [1.82, 2.24) is 19.1 Å². The predicted molar refractivity (Wildman–Crippen MR) is 254 cm³/mol. The number of hydrogen-bond acceptors (Lipinski definition) is 2. The molecule has 0 fully saturated rings. The summed E-state index contributed by atoms with van der Waals surface area (Å²) in [7, 11) is 0. The average molecular weight is 779 g/mol. The molecular weight excluding hydrogens is 741 g/mol. The predicted octanol–water partition coefficient (Wildman–Crippen LogP) is 14.6. The number of nitrogens with zero attached hydrogens (tertiary/aromatic N) is 4. The van der Waals surface area contributed by atoms with E-state index in [9.17, 15) is 0 Å². The first-order valence-corrected chi connectivity index (χ1v) is 21.1. The molecule has 0 bridgehead atoms. The zero-order chi connectivity index (χ0) is 40.4. The van der Waals surface area contributed by atoms with Gasteiger partial charge in [-0.1, -0.05) is 159 Å². The normalized spacial score (nSPS) is 13.2. The maximum Gasteiger partial charge on any atom is 0.235 e. The van der Waals surface area contributed by atoms with Crippen LogP contribution in [0.3, 0.4) is 0 Å². The molecule has 12 aromatic rings. The molecule has 13 rings (SSSR count). The lowest BCUT2D eigenvalue weighted by Crippen LogP contribution is -2.15. The highest BCUT2D eigenvalue weighted by molar-refractivity contribution is 6.24. The molecule has 4 heteroatoms. The highest BCUT2D eigenvalue weighted by atomic mass is 15.2. The van der Waals surface area contributed by atoms with Gasteiger partial charge in [-0.05, 0) is 92.7 Å². The zero-order valence-electron chi connectivity index (χ0n) is 33.8. The number of para-hydroxylation sites is 4. The number of aromatic nitrogens is 4. The fourth-order valence-electron chi connectivity index (χ4n) is 10.5. The molecule has 3 aromatic heterocycles. The van der Waals surface area contributed by atoms with Gasteiger partial charge in [0.2, 0.25) is 5.95 Å². The van der Waals surface area contributed by atoms with E-state index >= 15 is 0 Å². The summed E-state index contributed by atoms with van der Waals surface area (Å²) >= 11 is 0. The van der Waals surface area contributed by atoms with Gasteiger partial charge < -0.3 is 4.57 Å². The van der Waals surface area contributed by atoms with Gasteiger partial charge in [0.05, 0.1) is 33.3 Å². The maximum absolute atomic E-state index is 5.58. The van der Waals surface area contributed by atoms with Gasteiger partial charge in [0.25, 0.3) is 0 Å². The molecule has 0 N–H and O–H groups in total. The first kappa shape index (κ1) is 34.1. The molecule has 286 valence electrons. The van der Waals surface area contributed by atoms with Crippen molar-refractivity contribution in [2.45, 2.75) is 19.3 Å². The number of rotatable bonds is 4. The molecule has 0 saturated carbocycles. The van der Waals surface area contributed by atoms with E-state index in [4.69, 9.17) is 9.97 Å². The van der Waals surface area contributed by atoms with E-state index in [-0.39, 0.29) is 5.41 Å². The molecule has 0 amide bonds. The monoisotopic (exact) mass is 778 g/mol. The summed E-state index contributed by atoms with van der Waals surface area (Å²) in [6, 6.07) is 70.5. The van der Waals surface area contributed by atoms with Crippen LogP contribution in [0.15, 0.2) is 194 Å². The summed E-state index contributed by atoms with van der Waals surface area (Å²) in [5.74, 6) is 0.656. The van der Waals surface area contributed by atoms with Gasteiger partial charge in [-0.3, -0.25) is 4.57 Å². The molecule has 0 saturated heterocycles. The highest BCUT2D eigenvalue weighted by Gasteiger charge is 2.35. The molecule has 0 spiro atoms. The first-order valence-electron chi connectivity index (χ1n) is 21.1. The van der Waals surface area contributed by atoms with Crippen molar-refractivity contribution in [2.75, 3.05) is 0 Å². The van der Waals surface area contributed by atoms with E-state index in [0.29, 0.717) is 5.95 Å². The van der Waals surface area contributed by atoms with Crippen molar-refractivity contribution >= 4 is 65.3 Å². The summed E-state index contributed by atoms with van der Waals surface area (Å²) in [4.78, 5) is 11.0. The van der Waals surface area contributed by atoms with E-state index in [1.54, 1.807) is 0 Å². The van der Waals surface area contributed by atoms with Crippen molar-refractivity contribution in [2.24, 2.45) is 0 Å². The van der Waals surface area contributed by atoms with Gasteiger partial charge in [-0.15, -0.1) is 0 Å². The van der Waals surface area contributed by atoms with Crippen molar-refractivity contribution in [1.29, 1.82) is 0 Å². The molecule has 0 unspecified atom stereocenters. The quantitative estimate of drug-likeness (QED) is 0.178. The van der Waals surface area contributed by atoms with Crippen LogP contribution in [0, 0.1) is 0 Å². The average Bonchev–Trinajstić information content (AvgIpc) is 3.91. The van der Waals surface area contributed by atoms with Gasteiger partial charge in [-0.2, -0.15) is 0 Å². The Labute approximate surface area is 352 Å². The third-order valence-electron chi connectivity index (χ3n) is 13.3. The summed E-state index contributed by atoms with van der Waals surface area (Å²) in [6.07, 6.45) is 0. The number of benzene rings is 9. The van der Waals surface area contributed by atoms with E-state index in [2.05, 4.69) is 217 Å². The van der Waals surface area contributed by atoms with Crippen LogP contribution in [0.4, 0.5) is 0 Å². The Hall–Kier alpha value is -7.82.